The summed E-state index contributed by atoms with van der Waals surface area (Å²) in [7, 11) is 1.64. The average molecular weight is 487 g/mol. The molecule has 1 saturated heterocycles. The SMILES string of the molecule is COc1cccc(N(C(=O)c2ccc(F)cc2)C2CCN([C@@H]3CCCC[C@@H]3c3ccccc3)CC2)c1. The summed E-state index contributed by atoms with van der Waals surface area (Å²) < 4.78 is 19.0. The highest BCUT2D eigenvalue weighted by molar-refractivity contribution is 6.06. The van der Waals surface area contributed by atoms with Crippen LogP contribution in [-0.2, 0) is 0 Å². The van der Waals surface area contributed by atoms with E-state index in [0.717, 1.165) is 37.4 Å². The summed E-state index contributed by atoms with van der Waals surface area (Å²) in [5, 5.41) is 0. The van der Waals surface area contributed by atoms with E-state index in [2.05, 4.69) is 35.2 Å². The van der Waals surface area contributed by atoms with Gasteiger partial charge < -0.3 is 9.64 Å². The van der Waals surface area contributed by atoms with Crippen molar-refractivity contribution in [2.75, 3.05) is 25.1 Å². The number of benzene rings is 3. The largest absolute Gasteiger partial charge is 0.497 e. The first-order valence-corrected chi connectivity index (χ1v) is 13.2. The van der Waals surface area contributed by atoms with Gasteiger partial charge in [-0.3, -0.25) is 9.69 Å². The highest BCUT2D eigenvalue weighted by atomic mass is 19.1. The zero-order chi connectivity index (χ0) is 24.9. The molecule has 4 nitrogen and oxygen atoms in total. The first-order valence-electron chi connectivity index (χ1n) is 13.2. The molecule has 0 bridgehead atoms. The second kappa shape index (κ2) is 11.3. The maximum absolute atomic E-state index is 13.7. The molecule has 1 saturated carbocycles. The number of carbonyl (C=O) groups excluding carboxylic acids is 1. The van der Waals surface area contributed by atoms with E-state index in [1.807, 2.05) is 29.2 Å². The van der Waals surface area contributed by atoms with Crippen molar-refractivity contribution in [3.8, 4) is 5.75 Å². The Hall–Kier alpha value is -3.18. The van der Waals surface area contributed by atoms with Crippen molar-refractivity contribution in [1.82, 2.24) is 4.90 Å². The Kier molecular flexibility index (Phi) is 7.66. The third-order valence-corrected chi connectivity index (χ3v) is 7.93. The molecular weight excluding hydrogens is 451 g/mol. The Morgan fingerprint density at radius 1 is 0.889 bits per heavy atom. The number of hydrogen-bond acceptors (Lipinski definition) is 3. The van der Waals surface area contributed by atoms with Crippen LogP contribution in [-0.4, -0.2) is 43.1 Å². The van der Waals surface area contributed by atoms with E-state index in [1.165, 1.54) is 43.4 Å². The van der Waals surface area contributed by atoms with Gasteiger partial charge >= 0.3 is 0 Å². The Labute approximate surface area is 213 Å². The molecule has 3 aromatic rings. The molecule has 0 radical (unpaired) electrons. The lowest BCUT2D eigenvalue weighted by molar-refractivity contribution is 0.0895. The van der Waals surface area contributed by atoms with Crippen LogP contribution in [0.15, 0.2) is 78.9 Å². The van der Waals surface area contributed by atoms with Crippen molar-refractivity contribution < 1.29 is 13.9 Å². The number of methoxy groups -OCH3 is 1. The van der Waals surface area contributed by atoms with Gasteiger partial charge in [0.25, 0.3) is 5.91 Å². The van der Waals surface area contributed by atoms with Gasteiger partial charge in [0.1, 0.15) is 11.6 Å². The minimum atomic E-state index is -0.340. The second-order valence-corrected chi connectivity index (χ2v) is 10.0. The van der Waals surface area contributed by atoms with Crippen molar-refractivity contribution in [2.45, 2.75) is 56.5 Å². The molecule has 2 aliphatic rings. The lowest BCUT2D eigenvalue weighted by atomic mass is 9.78. The topological polar surface area (TPSA) is 32.8 Å². The summed E-state index contributed by atoms with van der Waals surface area (Å²) in [6.07, 6.45) is 6.87. The van der Waals surface area contributed by atoms with E-state index in [-0.39, 0.29) is 17.8 Å². The summed E-state index contributed by atoms with van der Waals surface area (Å²) in [6, 6.07) is 25.1. The number of rotatable bonds is 6. The van der Waals surface area contributed by atoms with Gasteiger partial charge in [-0.1, -0.05) is 49.2 Å². The number of hydrogen-bond donors (Lipinski definition) is 0. The van der Waals surface area contributed by atoms with E-state index in [0.29, 0.717) is 17.5 Å². The quantitative estimate of drug-likeness (QED) is 0.390. The summed E-state index contributed by atoms with van der Waals surface area (Å²) >= 11 is 0. The molecular formula is C31H35FN2O2. The first-order chi connectivity index (χ1) is 17.6. The molecule has 0 unspecified atom stereocenters. The molecule has 1 heterocycles. The highest BCUT2D eigenvalue weighted by Gasteiger charge is 2.36. The molecule has 188 valence electrons. The van der Waals surface area contributed by atoms with Crippen LogP contribution < -0.4 is 9.64 Å². The number of ether oxygens (including phenoxy) is 1. The number of likely N-dealkylation sites (tertiary alicyclic amines) is 1. The second-order valence-electron chi connectivity index (χ2n) is 10.0. The van der Waals surface area contributed by atoms with E-state index in [4.69, 9.17) is 4.74 Å². The van der Waals surface area contributed by atoms with Crippen LogP contribution in [0, 0.1) is 5.82 Å². The summed E-state index contributed by atoms with van der Waals surface area (Å²) in [5.41, 5.74) is 2.77. The van der Waals surface area contributed by atoms with Crippen molar-refractivity contribution in [3.63, 3.8) is 0 Å². The lowest BCUT2D eigenvalue weighted by Crippen LogP contribution is -2.51. The predicted octanol–water partition coefficient (Wildman–Crippen LogP) is 6.67. The molecule has 5 heteroatoms. The van der Waals surface area contributed by atoms with Gasteiger partial charge in [0.15, 0.2) is 0 Å². The van der Waals surface area contributed by atoms with Crippen LogP contribution in [0.25, 0.3) is 0 Å². The molecule has 2 fully saturated rings. The lowest BCUT2D eigenvalue weighted by Gasteiger charge is -2.45. The van der Waals surface area contributed by atoms with Gasteiger partial charge in [0, 0.05) is 42.5 Å². The third kappa shape index (κ3) is 5.31. The van der Waals surface area contributed by atoms with Crippen molar-refractivity contribution >= 4 is 11.6 Å². The minimum absolute atomic E-state index is 0.0738. The Balaban J connectivity index is 1.36. The van der Waals surface area contributed by atoms with Gasteiger partial charge in [-0.2, -0.15) is 0 Å². The number of piperidine rings is 1. The van der Waals surface area contributed by atoms with Crippen molar-refractivity contribution in [2.24, 2.45) is 0 Å². The number of nitrogens with zero attached hydrogens (tertiary/aromatic N) is 2. The minimum Gasteiger partial charge on any atom is -0.497 e. The molecule has 1 aliphatic carbocycles. The van der Waals surface area contributed by atoms with Crippen LogP contribution in [0.5, 0.6) is 5.75 Å². The number of anilines is 1. The maximum atomic E-state index is 13.7. The molecule has 36 heavy (non-hydrogen) atoms. The van der Waals surface area contributed by atoms with E-state index >= 15 is 0 Å². The fraction of sp³-hybridized carbons (Fsp3) is 0.387. The van der Waals surface area contributed by atoms with Crippen LogP contribution in [0.4, 0.5) is 10.1 Å². The molecule has 1 amide bonds. The Morgan fingerprint density at radius 3 is 2.33 bits per heavy atom. The first kappa shape index (κ1) is 24.5. The molecule has 0 N–H and O–H groups in total. The van der Waals surface area contributed by atoms with Crippen LogP contribution in [0.2, 0.25) is 0 Å². The zero-order valence-electron chi connectivity index (χ0n) is 21.0. The van der Waals surface area contributed by atoms with Crippen LogP contribution in [0.3, 0.4) is 0 Å². The molecule has 0 aromatic heterocycles. The Bertz CT molecular complexity index is 1140. The van der Waals surface area contributed by atoms with Gasteiger partial charge in [-0.05, 0) is 73.6 Å². The number of amides is 1. The normalized spacial score (nSPS) is 21.2. The molecule has 3 aromatic carbocycles. The van der Waals surface area contributed by atoms with Crippen molar-refractivity contribution in [3.05, 3.63) is 95.8 Å². The average Bonchev–Trinajstić information content (AvgIpc) is 2.94. The van der Waals surface area contributed by atoms with E-state index in [1.54, 1.807) is 19.2 Å². The molecule has 0 spiro atoms. The number of carbonyl (C=O) groups is 1. The number of halogens is 1. The summed E-state index contributed by atoms with van der Waals surface area (Å²) in [4.78, 5) is 18.3. The standard InChI is InChI=1S/C31H35FN2O2/c1-36-28-11-7-10-27(22-28)34(31(35)24-14-16-25(32)17-15-24)26-18-20-33(21-19-26)30-13-6-5-12-29(30)23-8-3-2-4-9-23/h2-4,7-11,14-17,22,26,29-30H,5-6,12-13,18-21H2,1H3/t29-,30-/m1/s1. The summed E-state index contributed by atoms with van der Waals surface area (Å²) in [6.45, 7) is 1.94. The molecule has 1 aliphatic heterocycles. The van der Waals surface area contributed by atoms with Gasteiger partial charge in [-0.25, -0.2) is 4.39 Å². The zero-order valence-corrected chi connectivity index (χ0v) is 21.0. The fourth-order valence-corrected chi connectivity index (χ4v) is 6.10. The monoisotopic (exact) mass is 486 g/mol. The Morgan fingerprint density at radius 2 is 1.61 bits per heavy atom. The highest BCUT2D eigenvalue weighted by Crippen LogP contribution is 2.38. The molecule has 2 atom stereocenters. The summed E-state index contributed by atoms with van der Waals surface area (Å²) in [5.74, 6) is 0.858. The smallest absolute Gasteiger partial charge is 0.258 e. The van der Waals surface area contributed by atoms with Gasteiger partial charge in [0.05, 0.1) is 7.11 Å². The van der Waals surface area contributed by atoms with Gasteiger partial charge in [-0.15, -0.1) is 0 Å². The third-order valence-electron chi connectivity index (χ3n) is 7.93. The maximum Gasteiger partial charge on any atom is 0.258 e. The van der Waals surface area contributed by atoms with E-state index in [9.17, 15) is 9.18 Å². The predicted molar refractivity (Wildman–Crippen MR) is 142 cm³/mol. The van der Waals surface area contributed by atoms with Gasteiger partial charge in [0.2, 0.25) is 0 Å². The van der Waals surface area contributed by atoms with Crippen molar-refractivity contribution in [1.29, 1.82) is 0 Å². The molecule has 5 rings (SSSR count). The van der Waals surface area contributed by atoms with Crippen LogP contribution >= 0.6 is 0 Å². The van der Waals surface area contributed by atoms with Crippen LogP contribution in [0.1, 0.15) is 60.4 Å². The fourth-order valence-electron chi connectivity index (χ4n) is 6.10. The van der Waals surface area contributed by atoms with E-state index < -0.39 is 0 Å².